The van der Waals surface area contributed by atoms with Crippen LogP contribution in [0, 0.1) is 34.0 Å². The molecule has 0 N–H and O–H groups in total. The van der Waals surface area contributed by atoms with Gasteiger partial charge in [-0.3, -0.25) is 0 Å². The van der Waals surface area contributed by atoms with Crippen molar-refractivity contribution in [1.82, 2.24) is 9.13 Å². The van der Waals surface area contributed by atoms with Gasteiger partial charge in [-0.2, -0.15) is 15.8 Å². The van der Waals surface area contributed by atoms with E-state index in [1.54, 1.807) is 0 Å². The summed E-state index contributed by atoms with van der Waals surface area (Å²) in [5, 5.41) is 33.8. The smallest absolute Gasteiger partial charge is 0.101 e. The zero-order chi connectivity index (χ0) is 33.8. The summed E-state index contributed by atoms with van der Waals surface area (Å²) in [5.74, 6) is 0. The van der Waals surface area contributed by atoms with Gasteiger partial charge in [0, 0.05) is 38.4 Å². The Morgan fingerprint density at radius 3 is 1.62 bits per heavy atom. The van der Waals surface area contributed by atoms with E-state index in [2.05, 4.69) is 112 Å². The van der Waals surface area contributed by atoms with Crippen molar-refractivity contribution in [2.75, 3.05) is 0 Å². The molecule has 5 nitrogen and oxygen atoms in total. The van der Waals surface area contributed by atoms with Crippen LogP contribution in [0.5, 0.6) is 0 Å². The monoisotopic (exact) mass is 635 g/mol. The molecule has 0 saturated heterocycles. The lowest BCUT2D eigenvalue weighted by molar-refractivity contribution is 1.17. The Kier molecular flexibility index (Phi) is 6.56. The fourth-order valence-electron chi connectivity index (χ4n) is 7.51. The van der Waals surface area contributed by atoms with Gasteiger partial charge in [0.05, 0.1) is 56.6 Å². The lowest BCUT2D eigenvalue weighted by atomic mass is 9.92. The highest BCUT2D eigenvalue weighted by atomic mass is 15.0. The summed E-state index contributed by atoms with van der Waals surface area (Å²) < 4.78 is 4.47. The van der Waals surface area contributed by atoms with Crippen LogP contribution in [0.15, 0.2) is 152 Å². The van der Waals surface area contributed by atoms with Crippen molar-refractivity contribution in [2.24, 2.45) is 0 Å². The Morgan fingerprint density at radius 2 is 0.920 bits per heavy atom. The van der Waals surface area contributed by atoms with Crippen LogP contribution in [0.25, 0.3) is 77.2 Å². The summed E-state index contributed by atoms with van der Waals surface area (Å²) in [4.78, 5) is 0. The van der Waals surface area contributed by atoms with Crippen molar-refractivity contribution in [1.29, 1.82) is 15.8 Å². The molecule has 2 heterocycles. The molecule has 2 aromatic heterocycles. The molecule has 5 heteroatoms. The molecular formula is C45H25N5. The first-order valence-electron chi connectivity index (χ1n) is 16.3. The second-order valence-corrected chi connectivity index (χ2v) is 12.3. The Balaban J connectivity index is 1.40. The molecule has 0 radical (unpaired) electrons. The number of benzene rings is 7. The maximum atomic E-state index is 10.2. The summed E-state index contributed by atoms with van der Waals surface area (Å²) >= 11 is 0. The zero-order valence-electron chi connectivity index (χ0n) is 26.7. The molecule has 0 aliphatic carbocycles. The third-order valence-electron chi connectivity index (χ3n) is 9.64. The minimum atomic E-state index is 0.565. The fourth-order valence-corrected chi connectivity index (χ4v) is 7.51. The van der Waals surface area contributed by atoms with Crippen molar-refractivity contribution in [3.8, 4) is 51.8 Å². The predicted octanol–water partition coefficient (Wildman–Crippen LogP) is 10.8. The maximum Gasteiger partial charge on any atom is 0.101 e. The van der Waals surface area contributed by atoms with Gasteiger partial charge in [0.2, 0.25) is 0 Å². The molecule has 0 aliphatic rings. The largest absolute Gasteiger partial charge is 0.309 e. The van der Waals surface area contributed by atoms with Crippen molar-refractivity contribution >= 4 is 43.6 Å². The van der Waals surface area contributed by atoms with E-state index in [0.717, 1.165) is 77.2 Å². The van der Waals surface area contributed by atoms with Crippen molar-refractivity contribution in [3.05, 3.63) is 168 Å². The van der Waals surface area contributed by atoms with Crippen molar-refractivity contribution in [2.45, 2.75) is 0 Å². The van der Waals surface area contributed by atoms with Gasteiger partial charge in [-0.15, -0.1) is 0 Å². The van der Waals surface area contributed by atoms with E-state index in [0.29, 0.717) is 16.7 Å². The standard InChI is InChI=1S/C45H25N5/c46-26-29-19-22-32(23-20-29)49-42-18-6-4-12-35(42)38-15-7-13-36(44(38)49)33-10-2-3-11-34(33)37-14-8-16-39-40-25-30(27-47)21-24-43(40)50(45(37)39)41-17-5-1-9-31(41)28-48/h1-25H. The minimum absolute atomic E-state index is 0.565. The molecule has 0 spiro atoms. The molecule has 0 saturated carbocycles. The van der Waals surface area contributed by atoms with E-state index in [1.807, 2.05) is 66.7 Å². The van der Waals surface area contributed by atoms with E-state index >= 15 is 0 Å². The van der Waals surface area contributed by atoms with E-state index in [1.165, 1.54) is 0 Å². The number of fused-ring (bicyclic) bond motifs is 6. The maximum absolute atomic E-state index is 10.2. The number of hydrogen-bond acceptors (Lipinski definition) is 3. The molecule has 0 amide bonds. The molecule has 9 rings (SSSR count). The van der Waals surface area contributed by atoms with E-state index in [4.69, 9.17) is 0 Å². The predicted molar refractivity (Wildman–Crippen MR) is 200 cm³/mol. The first kappa shape index (κ1) is 28.8. The van der Waals surface area contributed by atoms with Crippen LogP contribution in [0.2, 0.25) is 0 Å². The molecule has 230 valence electrons. The second-order valence-electron chi connectivity index (χ2n) is 12.3. The molecule has 7 aromatic carbocycles. The average molecular weight is 636 g/mol. The molecule has 9 aromatic rings. The Labute approximate surface area is 287 Å². The topological polar surface area (TPSA) is 81.2 Å². The van der Waals surface area contributed by atoms with Crippen LogP contribution < -0.4 is 0 Å². The number of nitriles is 3. The molecule has 0 bridgehead atoms. The Hall–Kier alpha value is -7.39. The highest BCUT2D eigenvalue weighted by Gasteiger charge is 2.22. The summed E-state index contributed by atoms with van der Waals surface area (Å²) in [7, 11) is 0. The Morgan fingerprint density at radius 1 is 0.380 bits per heavy atom. The third kappa shape index (κ3) is 4.24. The zero-order valence-corrected chi connectivity index (χ0v) is 26.7. The van der Waals surface area contributed by atoms with Crippen LogP contribution in [-0.4, -0.2) is 9.13 Å². The molecule has 0 fully saturated rings. The highest BCUT2D eigenvalue weighted by molar-refractivity contribution is 6.17. The molecule has 0 unspecified atom stereocenters. The lowest BCUT2D eigenvalue weighted by Gasteiger charge is -2.17. The highest BCUT2D eigenvalue weighted by Crippen LogP contribution is 2.45. The second kappa shape index (κ2) is 11.4. The summed E-state index contributed by atoms with van der Waals surface area (Å²) in [6.07, 6.45) is 0. The average Bonchev–Trinajstić information content (AvgIpc) is 3.70. The minimum Gasteiger partial charge on any atom is -0.309 e. The summed E-state index contributed by atoms with van der Waals surface area (Å²) in [6.45, 7) is 0. The molecule has 50 heavy (non-hydrogen) atoms. The van der Waals surface area contributed by atoms with Crippen molar-refractivity contribution in [3.63, 3.8) is 0 Å². The van der Waals surface area contributed by atoms with Gasteiger partial charge in [0.25, 0.3) is 0 Å². The van der Waals surface area contributed by atoms with Gasteiger partial charge >= 0.3 is 0 Å². The fraction of sp³-hybridized carbons (Fsp3) is 0. The van der Waals surface area contributed by atoms with Gasteiger partial charge < -0.3 is 9.13 Å². The first-order chi connectivity index (χ1) is 24.7. The van der Waals surface area contributed by atoms with Crippen LogP contribution in [0.4, 0.5) is 0 Å². The van der Waals surface area contributed by atoms with Crippen LogP contribution in [-0.2, 0) is 0 Å². The third-order valence-corrected chi connectivity index (χ3v) is 9.64. The first-order valence-corrected chi connectivity index (χ1v) is 16.3. The van der Waals surface area contributed by atoms with E-state index < -0.39 is 0 Å². The number of nitrogens with zero attached hydrogens (tertiary/aromatic N) is 5. The van der Waals surface area contributed by atoms with Crippen LogP contribution in [0.3, 0.4) is 0 Å². The van der Waals surface area contributed by atoms with Crippen LogP contribution >= 0.6 is 0 Å². The number of para-hydroxylation sites is 4. The molecule has 0 atom stereocenters. The number of aromatic nitrogens is 2. The quantitative estimate of drug-likeness (QED) is 0.193. The van der Waals surface area contributed by atoms with E-state index in [9.17, 15) is 15.8 Å². The summed E-state index contributed by atoms with van der Waals surface area (Å²) in [6, 6.07) is 57.8. The Bertz CT molecular complexity index is 2960. The lowest BCUT2D eigenvalue weighted by Crippen LogP contribution is -1.99. The van der Waals surface area contributed by atoms with Gasteiger partial charge in [0.1, 0.15) is 6.07 Å². The van der Waals surface area contributed by atoms with Gasteiger partial charge in [0.15, 0.2) is 0 Å². The van der Waals surface area contributed by atoms with Crippen molar-refractivity contribution < 1.29 is 0 Å². The number of hydrogen-bond donors (Lipinski definition) is 0. The van der Waals surface area contributed by atoms with E-state index in [-0.39, 0.29) is 0 Å². The van der Waals surface area contributed by atoms with Gasteiger partial charge in [-0.25, -0.2) is 0 Å². The van der Waals surface area contributed by atoms with Crippen LogP contribution in [0.1, 0.15) is 16.7 Å². The molecular weight excluding hydrogens is 611 g/mol. The van der Waals surface area contributed by atoms with Gasteiger partial charge in [-0.05, 0) is 71.8 Å². The number of rotatable bonds is 4. The normalized spacial score (nSPS) is 11.1. The summed E-state index contributed by atoms with van der Waals surface area (Å²) in [5.41, 5.74) is 11.8. The molecule has 0 aliphatic heterocycles. The SMILES string of the molecule is N#Cc1ccc(-n2c3ccccc3c3cccc(-c4ccccc4-c4cccc5c6cc(C#N)ccc6n(-c6ccccc6C#N)c45)c32)cc1. The van der Waals surface area contributed by atoms with Gasteiger partial charge in [-0.1, -0.05) is 91.0 Å².